The monoisotopic (exact) mass is 382 g/mol. The number of halogens is 3. The summed E-state index contributed by atoms with van der Waals surface area (Å²) in [5.74, 6) is -0.776. The van der Waals surface area contributed by atoms with Crippen molar-refractivity contribution in [2.24, 2.45) is 0 Å². The van der Waals surface area contributed by atoms with E-state index in [1.54, 1.807) is 18.2 Å². The number of aromatic nitrogens is 2. The number of alkyl halides is 3. The lowest BCUT2D eigenvalue weighted by Crippen LogP contribution is -2.17. The zero-order chi connectivity index (χ0) is 18.9. The molecule has 0 aliphatic rings. The Labute approximate surface area is 149 Å². The molecule has 2 heterocycles. The van der Waals surface area contributed by atoms with Crippen LogP contribution in [0.15, 0.2) is 30.3 Å². The van der Waals surface area contributed by atoms with Gasteiger partial charge in [-0.1, -0.05) is 0 Å². The fraction of sp³-hybridized carbons (Fsp3) is 0.188. The molecule has 1 amide bonds. The van der Waals surface area contributed by atoms with E-state index >= 15 is 0 Å². The molecule has 136 valence electrons. The highest BCUT2D eigenvalue weighted by atomic mass is 32.1. The maximum atomic E-state index is 12.7. The Bertz CT molecular complexity index is 972. The van der Waals surface area contributed by atoms with Gasteiger partial charge in [-0.15, -0.1) is 11.3 Å². The van der Waals surface area contributed by atoms with E-state index in [4.69, 9.17) is 5.11 Å². The van der Waals surface area contributed by atoms with Gasteiger partial charge in [0.05, 0.1) is 22.4 Å². The molecule has 3 N–H and O–H groups in total. The summed E-state index contributed by atoms with van der Waals surface area (Å²) < 4.78 is 39.1. The SMILES string of the molecule is CNc1nc(C(F)(F)F)ccc1C(=O)Nc1ccc2sc(CO)nc2c1. The Morgan fingerprint density at radius 3 is 2.65 bits per heavy atom. The van der Waals surface area contributed by atoms with Gasteiger partial charge in [0.25, 0.3) is 5.91 Å². The van der Waals surface area contributed by atoms with Crippen LogP contribution in [0.5, 0.6) is 0 Å². The van der Waals surface area contributed by atoms with E-state index in [2.05, 4.69) is 20.6 Å². The van der Waals surface area contributed by atoms with Gasteiger partial charge in [-0.25, -0.2) is 9.97 Å². The number of amides is 1. The number of hydrogen-bond donors (Lipinski definition) is 3. The van der Waals surface area contributed by atoms with Gasteiger partial charge in [-0.05, 0) is 30.3 Å². The summed E-state index contributed by atoms with van der Waals surface area (Å²) >= 11 is 1.33. The summed E-state index contributed by atoms with van der Waals surface area (Å²) in [5, 5.41) is 14.8. The number of nitrogens with one attached hydrogen (secondary N) is 2. The molecule has 2 aromatic heterocycles. The predicted molar refractivity (Wildman–Crippen MR) is 92.3 cm³/mol. The molecule has 3 aromatic rings. The quantitative estimate of drug-likeness (QED) is 0.643. The van der Waals surface area contributed by atoms with Crippen LogP contribution in [0.1, 0.15) is 21.1 Å². The first kappa shape index (κ1) is 18.1. The normalized spacial score (nSPS) is 11.6. The van der Waals surface area contributed by atoms with Gasteiger partial charge in [-0.2, -0.15) is 13.2 Å². The lowest BCUT2D eigenvalue weighted by Gasteiger charge is -2.12. The molecule has 0 bridgehead atoms. The molecule has 1 aromatic carbocycles. The summed E-state index contributed by atoms with van der Waals surface area (Å²) in [6.07, 6.45) is -4.60. The number of pyridine rings is 1. The molecule has 0 radical (unpaired) electrons. The molecule has 6 nitrogen and oxygen atoms in total. The predicted octanol–water partition coefficient (Wildman–Crippen LogP) is 3.50. The fourth-order valence-electron chi connectivity index (χ4n) is 2.31. The van der Waals surface area contributed by atoms with Gasteiger partial charge >= 0.3 is 6.18 Å². The van der Waals surface area contributed by atoms with Crippen molar-refractivity contribution >= 4 is 39.0 Å². The number of thiazole rings is 1. The molecule has 3 rings (SSSR count). The number of nitrogens with zero attached hydrogens (tertiary/aromatic N) is 2. The number of carbonyl (C=O) groups is 1. The van der Waals surface area contributed by atoms with Crippen LogP contribution in [0.3, 0.4) is 0 Å². The van der Waals surface area contributed by atoms with Crippen LogP contribution in [0, 0.1) is 0 Å². The van der Waals surface area contributed by atoms with Gasteiger partial charge in [-0.3, -0.25) is 4.79 Å². The first-order valence-electron chi connectivity index (χ1n) is 7.39. The van der Waals surface area contributed by atoms with Crippen molar-refractivity contribution in [3.8, 4) is 0 Å². The van der Waals surface area contributed by atoms with Crippen LogP contribution in [0.2, 0.25) is 0 Å². The summed E-state index contributed by atoms with van der Waals surface area (Å²) in [7, 11) is 1.39. The largest absolute Gasteiger partial charge is 0.433 e. The van der Waals surface area contributed by atoms with Crippen LogP contribution >= 0.6 is 11.3 Å². The van der Waals surface area contributed by atoms with Gasteiger partial charge in [0.1, 0.15) is 16.5 Å². The van der Waals surface area contributed by atoms with Crippen molar-refractivity contribution in [1.82, 2.24) is 9.97 Å². The lowest BCUT2D eigenvalue weighted by molar-refractivity contribution is -0.141. The second-order valence-corrected chi connectivity index (χ2v) is 6.36. The third kappa shape index (κ3) is 3.60. The smallest absolute Gasteiger partial charge is 0.389 e. The van der Waals surface area contributed by atoms with E-state index in [0.717, 1.165) is 16.8 Å². The van der Waals surface area contributed by atoms with Crippen molar-refractivity contribution < 1.29 is 23.1 Å². The van der Waals surface area contributed by atoms with Crippen LogP contribution in [-0.4, -0.2) is 28.0 Å². The number of carbonyl (C=O) groups excluding carboxylic acids is 1. The van der Waals surface area contributed by atoms with Crippen molar-refractivity contribution in [1.29, 1.82) is 0 Å². The fourth-order valence-corrected chi connectivity index (χ4v) is 3.12. The Hall–Kier alpha value is -2.72. The van der Waals surface area contributed by atoms with Crippen LogP contribution < -0.4 is 10.6 Å². The topological polar surface area (TPSA) is 87.1 Å². The molecular formula is C16H13F3N4O2S. The van der Waals surface area contributed by atoms with Crippen molar-refractivity contribution in [3.63, 3.8) is 0 Å². The number of aliphatic hydroxyl groups is 1. The second-order valence-electron chi connectivity index (χ2n) is 5.24. The molecule has 0 spiro atoms. The molecule has 26 heavy (non-hydrogen) atoms. The Morgan fingerprint density at radius 2 is 2.00 bits per heavy atom. The van der Waals surface area contributed by atoms with E-state index in [0.29, 0.717) is 16.2 Å². The first-order valence-corrected chi connectivity index (χ1v) is 8.21. The van der Waals surface area contributed by atoms with E-state index in [1.165, 1.54) is 18.4 Å². The van der Waals surface area contributed by atoms with E-state index in [-0.39, 0.29) is 18.0 Å². The summed E-state index contributed by atoms with van der Waals surface area (Å²) in [6, 6.07) is 6.84. The number of benzene rings is 1. The number of anilines is 2. The minimum Gasteiger partial charge on any atom is -0.389 e. The average Bonchev–Trinajstić information content (AvgIpc) is 3.02. The third-order valence-electron chi connectivity index (χ3n) is 3.49. The molecule has 0 unspecified atom stereocenters. The molecule has 0 saturated heterocycles. The Balaban J connectivity index is 1.87. The average molecular weight is 382 g/mol. The maximum Gasteiger partial charge on any atom is 0.433 e. The zero-order valence-corrected chi connectivity index (χ0v) is 14.2. The number of hydrogen-bond acceptors (Lipinski definition) is 6. The van der Waals surface area contributed by atoms with E-state index < -0.39 is 17.8 Å². The van der Waals surface area contributed by atoms with E-state index in [1.807, 2.05) is 0 Å². The van der Waals surface area contributed by atoms with Gasteiger partial charge in [0, 0.05) is 12.7 Å². The second kappa shape index (κ2) is 6.89. The summed E-state index contributed by atoms with van der Waals surface area (Å²) in [6.45, 7) is -0.177. The standard InChI is InChI=1S/C16H13F3N4O2S/c1-20-14-9(3-5-12(23-14)16(17,18)19)15(25)21-8-2-4-11-10(6-8)22-13(7-24)26-11/h2-6,24H,7H2,1H3,(H,20,23)(H,21,25). The van der Waals surface area contributed by atoms with E-state index in [9.17, 15) is 18.0 Å². The zero-order valence-electron chi connectivity index (χ0n) is 13.4. The molecule has 0 saturated carbocycles. The van der Waals surface area contributed by atoms with Gasteiger partial charge in [0.15, 0.2) is 0 Å². The molecule has 0 aliphatic carbocycles. The van der Waals surface area contributed by atoms with Gasteiger partial charge < -0.3 is 15.7 Å². The third-order valence-corrected chi connectivity index (χ3v) is 4.51. The number of fused-ring (bicyclic) bond motifs is 1. The molecule has 0 atom stereocenters. The van der Waals surface area contributed by atoms with Crippen molar-refractivity contribution in [2.45, 2.75) is 12.8 Å². The van der Waals surface area contributed by atoms with Gasteiger partial charge in [0.2, 0.25) is 0 Å². The minimum atomic E-state index is -4.60. The first-order chi connectivity index (χ1) is 12.3. The molecular weight excluding hydrogens is 369 g/mol. The Morgan fingerprint density at radius 1 is 1.23 bits per heavy atom. The number of aliphatic hydroxyl groups excluding tert-OH is 1. The highest BCUT2D eigenvalue weighted by Gasteiger charge is 2.33. The summed E-state index contributed by atoms with van der Waals surface area (Å²) in [5.41, 5.74) is -0.0655. The van der Waals surface area contributed by atoms with Crippen LogP contribution in [0.4, 0.5) is 24.7 Å². The lowest BCUT2D eigenvalue weighted by atomic mass is 10.2. The molecule has 0 fully saturated rings. The van der Waals surface area contributed by atoms with Crippen LogP contribution in [0.25, 0.3) is 10.2 Å². The summed E-state index contributed by atoms with van der Waals surface area (Å²) in [4.78, 5) is 20.1. The molecule has 10 heteroatoms. The maximum absolute atomic E-state index is 12.7. The highest BCUT2D eigenvalue weighted by Crippen LogP contribution is 2.30. The van der Waals surface area contributed by atoms with Crippen LogP contribution in [-0.2, 0) is 12.8 Å². The van der Waals surface area contributed by atoms with Crippen molar-refractivity contribution in [2.75, 3.05) is 17.7 Å². The van der Waals surface area contributed by atoms with Crippen molar-refractivity contribution in [3.05, 3.63) is 46.6 Å². The highest BCUT2D eigenvalue weighted by molar-refractivity contribution is 7.18. The minimum absolute atomic E-state index is 0.0186. The Kier molecular flexibility index (Phi) is 4.79. The molecule has 0 aliphatic heterocycles. The number of rotatable bonds is 4.